The van der Waals surface area contributed by atoms with Crippen molar-refractivity contribution in [3.8, 4) is 0 Å². The standard InChI is InChI=1S/C12H19NO3/c1-7-6-10(9(3)16-7)8(2)13-11(14)12(4,5)15/h6,8,15H,1-5H3,(H,13,14). The van der Waals surface area contributed by atoms with Crippen molar-refractivity contribution in [2.75, 3.05) is 0 Å². The molecule has 1 amide bonds. The minimum Gasteiger partial charge on any atom is -0.466 e. The topological polar surface area (TPSA) is 62.5 Å². The molecule has 1 unspecified atom stereocenters. The van der Waals surface area contributed by atoms with Crippen molar-refractivity contribution in [3.63, 3.8) is 0 Å². The third-order valence-electron chi connectivity index (χ3n) is 2.45. The number of aryl methyl sites for hydroxylation is 2. The van der Waals surface area contributed by atoms with Crippen LogP contribution >= 0.6 is 0 Å². The van der Waals surface area contributed by atoms with Crippen LogP contribution in [0.15, 0.2) is 10.5 Å². The van der Waals surface area contributed by atoms with Crippen LogP contribution in [0.1, 0.15) is 43.9 Å². The van der Waals surface area contributed by atoms with E-state index in [1.807, 2.05) is 26.8 Å². The first-order chi connectivity index (χ1) is 7.21. The van der Waals surface area contributed by atoms with E-state index >= 15 is 0 Å². The van der Waals surface area contributed by atoms with Gasteiger partial charge in [-0.15, -0.1) is 0 Å². The Morgan fingerprint density at radius 3 is 2.44 bits per heavy atom. The van der Waals surface area contributed by atoms with E-state index in [0.717, 1.165) is 17.1 Å². The summed E-state index contributed by atoms with van der Waals surface area (Å²) < 4.78 is 5.39. The highest BCUT2D eigenvalue weighted by Crippen LogP contribution is 2.21. The summed E-state index contributed by atoms with van der Waals surface area (Å²) in [5.41, 5.74) is -0.420. The van der Waals surface area contributed by atoms with E-state index in [2.05, 4.69) is 5.32 Å². The molecule has 0 fully saturated rings. The molecular weight excluding hydrogens is 206 g/mol. The molecule has 0 aromatic carbocycles. The fourth-order valence-electron chi connectivity index (χ4n) is 1.53. The van der Waals surface area contributed by atoms with Crippen LogP contribution in [0.3, 0.4) is 0 Å². The van der Waals surface area contributed by atoms with Crippen LogP contribution in [0.5, 0.6) is 0 Å². The minimum absolute atomic E-state index is 0.170. The average molecular weight is 225 g/mol. The number of rotatable bonds is 3. The molecule has 1 atom stereocenters. The normalized spacial score (nSPS) is 13.6. The van der Waals surface area contributed by atoms with Crippen LogP contribution in [0, 0.1) is 13.8 Å². The van der Waals surface area contributed by atoms with Gasteiger partial charge in [0.15, 0.2) is 0 Å². The summed E-state index contributed by atoms with van der Waals surface area (Å²) in [6.45, 7) is 8.50. The Balaban J connectivity index is 2.77. The average Bonchev–Trinajstić information content (AvgIpc) is 2.43. The lowest BCUT2D eigenvalue weighted by atomic mass is 10.1. The second-order valence-electron chi connectivity index (χ2n) is 4.62. The molecule has 0 aliphatic rings. The maximum atomic E-state index is 11.6. The maximum absolute atomic E-state index is 11.6. The third-order valence-corrected chi connectivity index (χ3v) is 2.45. The number of hydrogen-bond donors (Lipinski definition) is 2. The number of aliphatic hydroxyl groups is 1. The number of nitrogens with one attached hydrogen (secondary N) is 1. The Labute approximate surface area is 95.7 Å². The molecule has 1 heterocycles. The number of carbonyl (C=O) groups excluding carboxylic acids is 1. The van der Waals surface area contributed by atoms with Crippen molar-refractivity contribution in [2.24, 2.45) is 0 Å². The van der Waals surface area contributed by atoms with Crippen LogP contribution in [0.2, 0.25) is 0 Å². The van der Waals surface area contributed by atoms with Crippen LogP contribution in [0.4, 0.5) is 0 Å². The van der Waals surface area contributed by atoms with Gasteiger partial charge in [0, 0.05) is 5.56 Å². The zero-order valence-electron chi connectivity index (χ0n) is 10.4. The van der Waals surface area contributed by atoms with Gasteiger partial charge in [0.1, 0.15) is 17.1 Å². The highest BCUT2D eigenvalue weighted by atomic mass is 16.3. The molecule has 16 heavy (non-hydrogen) atoms. The van der Waals surface area contributed by atoms with E-state index in [0.29, 0.717) is 0 Å². The molecule has 0 spiro atoms. The second-order valence-corrected chi connectivity index (χ2v) is 4.62. The van der Waals surface area contributed by atoms with Gasteiger partial charge >= 0.3 is 0 Å². The molecule has 90 valence electrons. The molecule has 4 nitrogen and oxygen atoms in total. The Morgan fingerprint density at radius 1 is 1.50 bits per heavy atom. The van der Waals surface area contributed by atoms with Gasteiger partial charge in [-0.25, -0.2) is 0 Å². The van der Waals surface area contributed by atoms with Crippen molar-refractivity contribution in [2.45, 2.75) is 46.3 Å². The maximum Gasteiger partial charge on any atom is 0.251 e. The first-order valence-electron chi connectivity index (χ1n) is 5.32. The van der Waals surface area contributed by atoms with Crippen molar-refractivity contribution in [1.82, 2.24) is 5.32 Å². The van der Waals surface area contributed by atoms with Crippen molar-refractivity contribution < 1.29 is 14.3 Å². The lowest BCUT2D eigenvalue weighted by molar-refractivity contribution is -0.137. The van der Waals surface area contributed by atoms with Crippen LogP contribution in [0.25, 0.3) is 0 Å². The Bertz CT molecular complexity index is 387. The molecule has 2 N–H and O–H groups in total. The molecular formula is C12H19NO3. The second kappa shape index (κ2) is 4.29. The summed E-state index contributed by atoms with van der Waals surface area (Å²) in [4.78, 5) is 11.6. The van der Waals surface area contributed by atoms with Gasteiger partial charge in [0.25, 0.3) is 5.91 Å². The molecule has 4 heteroatoms. The predicted octanol–water partition coefficient (Wildman–Crippen LogP) is 1.84. The van der Waals surface area contributed by atoms with Gasteiger partial charge in [-0.05, 0) is 40.7 Å². The lowest BCUT2D eigenvalue weighted by Gasteiger charge is -2.20. The van der Waals surface area contributed by atoms with Gasteiger partial charge in [0.05, 0.1) is 6.04 Å². The van der Waals surface area contributed by atoms with Crippen LogP contribution < -0.4 is 5.32 Å². The fourth-order valence-corrected chi connectivity index (χ4v) is 1.53. The molecule has 1 aromatic rings. The van der Waals surface area contributed by atoms with Gasteiger partial charge < -0.3 is 14.8 Å². The van der Waals surface area contributed by atoms with Crippen LogP contribution in [-0.2, 0) is 4.79 Å². The van der Waals surface area contributed by atoms with E-state index in [-0.39, 0.29) is 6.04 Å². The first kappa shape index (κ1) is 12.8. The van der Waals surface area contributed by atoms with Gasteiger partial charge in [-0.1, -0.05) is 0 Å². The Kier molecular flexibility index (Phi) is 3.43. The van der Waals surface area contributed by atoms with Crippen molar-refractivity contribution >= 4 is 5.91 Å². The van der Waals surface area contributed by atoms with E-state index < -0.39 is 11.5 Å². The summed E-state index contributed by atoms with van der Waals surface area (Å²) in [5.74, 6) is 1.22. The fraction of sp³-hybridized carbons (Fsp3) is 0.583. The van der Waals surface area contributed by atoms with E-state index in [9.17, 15) is 9.90 Å². The summed E-state index contributed by atoms with van der Waals surface area (Å²) in [5, 5.41) is 12.3. The molecule has 0 bridgehead atoms. The van der Waals surface area contributed by atoms with Gasteiger partial charge in [-0.2, -0.15) is 0 Å². The van der Waals surface area contributed by atoms with Crippen LogP contribution in [-0.4, -0.2) is 16.6 Å². The predicted molar refractivity (Wildman–Crippen MR) is 61.0 cm³/mol. The molecule has 0 radical (unpaired) electrons. The molecule has 1 aromatic heterocycles. The number of carbonyl (C=O) groups is 1. The Morgan fingerprint density at radius 2 is 2.06 bits per heavy atom. The number of hydrogen-bond acceptors (Lipinski definition) is 3. The zero-order chi connectivity index (χ0) is 12.5. The molecule has 0 saturated heterocycles. The SMILES string of the molecule is Cc1cc(C(C)NC(=O)C(C)(C)O)c(C)o1. The largest absolute Gasteiger partial charge is 0.466 e. The van der Waals surface area contributed by atoms with Gasteiger partial charge in [-0.3, -0.25) is 4.79 Å². The lowest BCUT2D eigenvalue weighted by Crippen LogP contribution is -2.43. The van der Waals surface area contributed by atoms with E-state index in [4.69, 9.17) is 4.42 Å². The monoisotopic (exact) mass is 225 g/mol. The summed E-state index contributed by atoms with van der Waals surface area (Å²) in [6.07, 6.45) is 0. The first-order valence-corrected chi connectivity index (χ1v) is 5.32. The zero-order valence-corrected chi connectivity index (χ0v) is 10.4. The van der Waals surface area contributed by atoms with E-state index in [1.54, 1.807) is 0 Å². The molecule has 0 aliphatic heterocycles. The minimum atomic E-state index is -1.36. The molecule has 1 rings (SSSR count). The van der Waals surface area contributed by atoms with Crippen molar-refractivity contribution in [1.29, 1.82) is 0 Å². The van der Waals surface area contributed by atoms with Crippen molar-refractivity contribution in [3.05, 3.63) is 23.2 Å². The summed E-state index contributed by atoms with van der Waals surface area (Å²) in [7, 11) is 0. The highest BCUT2D eigenvalue weighted by Gasteiger charge is 2.26. The summed E-state index contributed by atoms with van der Waals surface area (Å²) in [6, 6.07) is 1.72. The Hall–Kier alpha value is -1.29. The number of furan rings is 1. The number of amides is 1. The highest BCUT2D eigenvalue weighted by molar-refractivity contribution is 5.84. The summed E-state index contributed by atoms with van der Waals surface area (Å²) >= 11 is 0. The molecule has 0 aliphatic carbocycles. The van der Waals surface area contributed by atoms with Gasteiger partial charge in [0.2, 0.25) is 0 Å². The quantitative estimate of drug-likeness (QED) is 0.825. The molecule has 0 saturated carbocycles. The van der Waals surface area contributed by atoms with E-state index in [1.165, 1.54) is 13.8 Å². The third kappa shape index (κ3) is 2.85. The smallest absolute Gasteiger partial charge is 0.251 e.